The average molecular weight is 570 g/mol. The van der Waals surface area contributed by atoms with Crippen LogP contribution < -0.4 is 4.90 Å². The molecular weight excluding hydrogens is 530 g/mol. The number of hydrogen-bond donors (Lipinski definition) is 1. The van der Waals surface area contributed by atoms with Gasteiger partial charge in [0.2, 0.25) is 0 Å². The standard InChI is InChI=1S/C39H39NO3/c1-3-24-39(25-23-30-15-8-5-9-16-30)27-36(41)37(38(42)43-39)35(4-2)33-21-14-22-34(26-33)40(28-31-17-10-6-11-18-31)29-32-19-12-7-13-20-32/h5-22,26,35,41H,4,23,25,27-29H2,1-2H3. The third-order valence-electron chi connectivity index (χ3n) is 8.11. The molecule has 0 fully saturated rings. The summed E-state index contributed by atoms with van der Waals surface area (Å²) in [6.07, 6.45) is 2.04. The van der Waals surface area contributed by atoms with Crippen molar-refractivity contribution in [2.45, 2.75) is 64.1 Å². The number of rotatable bonds is 11. The normalized spacial score (nSPS) is 17.0. The smallest absolute Gasteiger partial charge is 0.339 e. The topological polar surface area (TPSA) is 49.8 Å². The SMILES string of the molecule is CC#CC1(CCc2ccccc2)CC(O)=C(C(CC)c2cccc(N(Cc3ccccc3)Cc3ccccc3)c2)C(=O)O1. The molecule has 2 unspecified atom stereocenters. The number of anilines is 1. The Bertz CT molecular complexity index is 1560. The lowest BCUT2D eigenvalue weighted by molar-refractivity contribution is -0.153. The van der Waals surface area contributed by atoms with Gasteiger partial charge in [0, 0.05) is 31.1 Å². The van der Waals surface area contributed by atoms with E-state index >= 15 is 0 Å². The number of aliphatic hydroxyl groups excluding tert-OH is 1. The lowest BCUT2D eigenvalue weighted by Gasteiger charge is -2.35. The molecule has 1 aliphatic rings. The van der Waals surface area contributed by atoms with E-state index in [1.54, 1.807) is 6.92 Å². The van der Waals surface area contributed by atoms with E-state index in [1.807, 2.05) is 49.4 Å². The van der Waals surface area contributed by atoms with Crippen LogP contribution in [0.4, 0.5) is 5.69 Å². The number of nitrogens with zero attached hydrogens (tertiary/aromatic N) is 1. The van der Waals surface area contributed by atoms with Crippen LogP contribution in [0, 0.1) is 11.8 Å². The van der Waals surface area contributed by atoms with Crippen molar-refractivity contribution < 1.29 is 14.6 Å². The van der Waals surface area contributed by atoms with Gasteiger partial charge in [0.25, 0.3) is 0 Å². The van der Waals surface area contributed by atoms with Gasteiger partial charge < -0.3 is 14.7 Å². The van der Waals surface area contributed by atoms with Gasteiger partial charge in [0.05, 0.1) is 12.0 Å². The number of carbonyl (C=O) groups is 1. The first kappa shape index (κ1) is 29.7. The second-order valence-electron chi connectivity index (χ2n) is 11.2. The quantitative estimate of drug-likeness (QED) is 0.145. The van der Waals surface area contributed by atoms with Crippen molar-refractivity contribution in [2.24, 2.45) is 0 Å². The van der Waals surface area contributed by atoms with E-state index in [2.05, 4.69) is 89.5 Å². The molecule has 1 heterocycles. The molecule has 4 aromatic rings. The zero-order chi connectivity index (χ0) is 30.1. The first-order valence-corrected chi connectivity index (χ1v) is 15.1. The van der Waals surface area contributed by atoms with Crippen LogP contribution in [0.1, 0.15) is 61.3 Å². The minimum absolute atomic E-state index is 0.0785. The van der Waals surface area contributed by atoms with E-state index < -0.39 is 11.6 Å². The Kier molecular flexibility index (Phi) is 9.64. The number of cyclic esters (lactones) is 1. The molecule has 4 nitrogen and oxygen atoms in total. The fourth-order valence-corrected chi connectivity index (χ4v) is 5.98. The number of hydrogen-bond acceptors (Lipinski definition) is 4. The number of aliphatic hydroxyl groups is 1. The molecule has 0 aromatic heterocycles. The molecule has 0 saturated heterocycles. The molecule has 43 heavy (non-hydrogen) atoms. The van der Waals surface area contributed by atoms with Gasteiger partial charge in [-0.15, -0.1) is 5.92 Å². The lowest BCUT2D eigenvalue weighted by Crippen LogP contribution is -2.40. The van der Waals surface area contributed by atoms with Crippen LogP contribution in [0.15, 0.2) is 127 Å². The van der Waals surface area contributed by atoms with E-state index in [0.717, 1.165) is 29.9 Å². The molecule has 0 spiro atoms. The molecule has 0 bridgehead atoms. The summed E-state index contributed by atoms with van der Waals surface area (Å²) in [4.78, 5) is 16.0. The highest BCUT2D eigenvalue weighted by Crippen LogP contribution is 2.40. The van der Waals surface area contributed by atoms with E-state index in [1.165, 1.54) is 11.1 Å². The first-order valence-electron chi connectivity index (χ1n) is 15.1. The molecule has 4 aromatic carbocycles. The number of carbonyl (C=O) groups excluding carboxylic acids is 1. The molecule has 4 heteroatoms. The van der Waals surface area contributed by atoms with E-state index in [4.69, 9.17) is 4.74 Å². The molecule has 0 aliphatic carbocycles. The van der Waals surface area contributed by atoms with Crippen LogP contribution in [0.2, 0.25) is 0 Å². The summed E-state index contributed by atoms with van der Waals surface area (Å²) in [7, 11) is 0. The van der Waals surface area contributed by atoms with E-state index in [0.29, 0.717) is 24.8 Å². The van der Waals surface area contributed by atoms with Crippen molar-refractivity contribution in [2.75, 3.05) is 4.90 Å². The van der Waals surface area contributed by atoms with Crippen molar-refractivity contribution in [3.63, 3.8) is 0 Å². The first-order chi connectivity index (χ1) is 21.0. The van der Waals surface area contributed by atoms with Gasteiger partial charge in [-0.1, -0.05) is 116 Å². The van der Waals surface area contributed by atoms with Gasteiger partial charge >= 0.3 is 5.97 Å². The van der Waals surface area contributed by atoms with Crippen molar-refractivity contribution in [1.82, 2.24) is 0 Å². The van der Waals surface area contributed by atoms with Crippen molar-refractivity contribution in [1.29, 1.82) is 0 Å². The Labute approximate surface area is 255 Å². The highest BCUT2D eigenvalue weighted by molar-refractivity contribution is 5.92. The highest BCUT2D eigenvalue weighted by atomic mass is 16.6. The second kappa shape index (κ2) is 13.9. The van der Waals surface area contributed by atoms with Gasteiger partial charge in [0.15, 0.2) is 5.60 Å². The highest BCUT2D eigenvalue weighted by Gasteiger charge is 2.42. The summed E-state index contributed by atoms with van der Waals surface area (Å²) in [5.41, 5.74) is 4.91. The summed E-state index contributed by atoms with van der Waals surface area (Å²) >= 11 is 0. The number of ether oxygens (including phenoxy) is 1. The molecule has 1 N–H and O–H groups in total. The van der Waals surface area contributed by atoms with Gasteiger partial charge in [-0.05, 0) is 54.2 Å². The average Bonchev–Trinajstić information content (AvgIpc) is 3.03. The van der Waals surface area contributed by atoms with Gasteiger partial charge in [-0.25, -0.2) is 4.79 Å². The largest absolute Gasteiger partial charge is 0.512 e. The summed E-state index contributed by atoms with van der Waals surface area (Å²) in [5.74, 6) is 5.35. The van der Waals surface area contributed by atoms with Gasteiger partial charge in [-0.3, -0.25) is 0 Å². The fraction of sp³-hybridized carbons (Fsp3) is 0.256. The van der Waals surface area contributed by atoms with Crippen LogP contribution in [0.5, 0.6) is 0 Å². The van der Waals surface area contributed by atoms with Gasteiger partial charge in [-0.2, -0.15) is 0 Å². The third-order valence-corrected chi connectivity index (χ3v) is 8.11. The molecule has 1 aliphatic heterocycles. The van der Waals surface area contributed by atoms with Crippen LogP contribution >= 0.6 is 0 Å². The molecule has 0 amide bonds. The molecule has 5 rings (SSSR count). The zero-order valence-electron chi connectivity index (χ0n) is 25.0. The Hall–Kier alpha value is -4.75. The summed E-state index contributed by atoms with van der Waals surface area (Å²) < 4.78 is 6.12. The van der Waals surface area contributed by atoms with Crippen molar-refractivity contribution >= 4 is 11.7 Å². The third kappa shape index (κ3) is 7.37. The number of esters is 1. The fourth-order valence-electron chi connectivity index (χ4n) is 5.98. The maximum atomic E-state index is 13.7. The monoisotopic (exact) mass is 569 g/mol. The Morgan fingerprint density at radius 1 is 0.837 bits per heavy atom. The van der Waals surface area contributed by atoms with Crippen LogP contribution in [0.25, 0.3) is 0 Å². The van der Waals surface area contributed by atoms with E-state index in [9.17, 15) is 9.90 Å². The molecule has 2 atom stereocenters. The van der Waals surface area contributed by atoms with Gasteiger partial charge in [0.1, 0.15) is 5.76 Å². The maximum absolute atomic E-state index is 13.7. The number of aryl methyl sites for hydroxylation is 1. The minimum atomic E-state index is -1.04. The minimum Gasteiger partial charge on any atom is -0.512 e. The Morgan fingerprint density at radius 2 is 1.42 bits per heavy atom. The van der Waals surface area contributed by atoms with Crippen LogP contribution in [0.3, 0.4) is 0 Å². The Morgan fingerprint density at radius 3 is 1.95 bits per heavy atom. The van der Waals surface area contributed by atoms with E-state index in [-0.39, 0.29) is 18.1 Å². The summed E-state index contributed by atoms with van der Waals surface area (Å²) in [6.45, 7) is 5.27. The molecule has 0 radical (unpaired) electrons. The number of benzene rings is 4. The Balaban J connectivity index is 1.44. The maximum Gasteiger partial charge on any atom is 0.339 e. The lowest BCUT2D eigenvalue weighted by atomic mass is 9.81. The predicted molar refractivity (Wildman–Crippen MR) is 174 cm³/mol. The predicted octanol–water partition coefficient (Wildman–Crippen LogP) is 8.54. The summed E-state index contributed by atoms with van der Waals surface area (Å²) in [6, 6.07) is 39.3. The van der Waals surface area contributed by atoms with Crippen LogP contribution in [-0.4, -0.2) is 16.7 Å². The van der Waals surface area contributed by atoms with Crippen LogP contribution in [-0.2, 0) is 29.0 Å². The van der Waals surface area contributed by atoms with Crippen molar-refractivity contribution in [3.8, 4) is 11.8 Å². The van der Waals surface area contributed by atoms with Crippen molar-refractivity contribution in [3.05, 3.63) is 149 Å². The second-order valence-corrected chi connectivity index (χ2v) is 11.2. The molecule has 0 saturated carbocycles. The molecule has 218 valence electrons. The molecular formula is C39H39NO3. The summed E-state index contributed by atoms with van der Waals surface area (Å²) in [5, 5.41) is 11.4. The zero-order valence-corrected chi connectivity index (χ0v) is 25.0.